The number of rotatable bonds is 10. The van der Waals surface area contributed by atoms with Gasteiger partial charge in [-0.2, -0.15) is 0 Å². The zero-order valence-corrected chi connectivity index (χ0v) is 18.6. The third-order valence-corrected chi connectivity index (χ3v) is 7.19. The van der Waals surface area contributed by atoms with Gasteiger partial charge >= 0.3 is 0 Å². The molecule has 1 N–H and O–H groups in total. The Balaban J connectivity index is 1.60. The fourth-order valence-corrected chi connectivity index (χ4v) is 5.44. The zero-order valence-electron chi connectivity index (χ0n) is 16.2. The van der Waals surface area contributed by atoms with Crippen molar-refractivity contribution in [1.29, 1.82) is 0 Å². The van der Waals surface area contributed by atoms with Gasteiger partial charge in [0.15, 0.2) is 0 Å². The Kier molecular flexibility index (Phi) is 8.10. The van der Waals surface area contributed by atoms with Gasteiger partial charge in [-0.05, 0) is 65.6 Å². The Morgan fingerprint density at radius 3 is 2.74 bits per heavy atom. The molecule has 1 unspecified atom stereocenters. The molecule has 1 aromatic carbocycles. The standard InChI is InChI=1S/C23H30BrNOS/c1-2-3-4-7-21(26)17-9-11-19(12-10-17)23-18(13-14-20(23)24)6-5-8-22-25-15-16-27-22/h9-12,15-16,18,21,26H,2-8,13-14H2,1H3/t18-,21?/m0/s1. The summed E-state index contributed by atoms with van der Waals surface area (Å²) in [6, 6.07) is 8.64. The minimum Gasteiger partial charge on any atom is -0.388 e. The molecule has 2 nitrogen and oxygen atoms in total. The number of aliphatic hydroxyl groups is 1. The topological polar surface area (TPSA) is 33.1 Å². The molecule has 1 heterocycles. The van der Waals surface area contributed by atoms with E-state index in [0.29, 0.717) is 5.92 Å². The van der Waals surface area contributed by atoms with Crippen LogP contribution < -0.4 is 0 Å². The lowest BCUT2D eigenvalue weighted by molar-refractivity contribution is 0.163. The maximum Gasteiger partial charge on any atom is 0.0924 e. The molecule has 0 fully saturated rings. The van der Waals surface area contributed by atoms with Crippen molar-refractivity contribution in [2.24, 2.45) is 5.92 Å². The van der Waals surface area contributed by atoms with Gasteiger partial charge in [-0.25, -0.2) is 4.98 Å². The van der Waals surface area contributed by atoms with Crippen LogP contribution >= 0.6 is 27.3 Å². The van der Waals surface area contributed by atoms with E-state index in [4.69, 9.17) is 0 Å². The summed E-state index contributed by atoms with van der Waals surface area (Å²) in [5.74, 6) is 0.625. The van der Waals surface area contributed by atoms with Crippen LogP contribution in [0.4, 0.5) is 0 Å². The number of unbranched alkanes of at least 4 members (excludes halogenated alkanes) is 2. The van der Waals surface area contributed by atoms with Crippen LogP contribution in [-0.4, -0.2) is 10.1 Å². The van der Waals surface area contributed by atoms with E-state index in [9.17, 15) is 5.11 Å². The number of benzene rings is 1. The number of aryl methyl sites for hydroxylation is 1. The summed E-state index contributed by atoms with van der Waals surface area (Å²) in [5, 5.41) is 13.7. The van der Waals surface area contributed by atoms with Gasteiger partial charge in [-0.3, -0.25) is 0 Å². The molecular formula is C23H30BrNOS. The second-order valence-corrected chi connectivity index (χ2v) is 9.44. The number of hydrogen-bond donors (Lipinski definition) is 1. The lowest BCUT2D eigenvalue weighted by Gasteiger charge is -2.17. The molecule has 2 aromatic rings. The largest absolute Gasteiger partial charge is 0.388 e. The summed E-state index contributed by atoms with van der Waals surface area (Å²) in [7, 11) is 0. The second-order valence-electron chi connectivity index (χ2n) is 7.51. The predicted molar refractivity (Wildman–Crippen MR) is 119 cm³/mol. The molecule has 0 spiro atoms. The summed E-state index contributed by atoms with van der Waals surface area (Å²) in [4.78, 5) is 4.40. The molecule has 0 amide bonds. The van der Waals surface area contributed by atoms with Crippen molar-refractivity contribution < 1.29 is 5.11 Å². The molecule has 2 atom stereocenters. The van der Waals surface area contributed by atoms with Crippen LogP contribution in [0, 0.1) is 5.92 Å². The van der Waals surface area contributed by atoms with Crippen molar-refractivity contribution in [3.8, 4) is 0 Å². The van der Waals surface area contributed by atoms with Crippen LogP contribution in [0.15, 0.2) is 40.3 Å². The summed E-state index contributed by atoms with van der Waals surface area (Å²) in [6.45, 7) is 2.20. The van der Waals surface area contributed by atoms with Gasteiger partial charge in [0, 0.05) is 11.6 Å². The Morgan fingerprint density at radius 2 is 2.04 bits per heavy atom. The van der Waals surface area contributed by atoms with Crippen molar-refractivity contribution in [2.45, 2.75) is 70.8 Å². The normalized spacial score (nSPS) is 18.3. The third-order valence-electron chi connectivity index (χ3n) is 5.53. The Morgan fingerprint density at radius 1 is 1.22 bits per heavy atom. The zero-order chi connectivity index (χ0) is 19.1. The molecule has 1 aromatic heterocycles. The summed E-state index contributed by atoms with van der Waals surface area (Å²) >= 11 is 5.58. The van der Waals surface area contributed by atoms with Crippen LogP contribution in [0.5, 0.6) is 0 Å². The molecule has 1 aliphatic carbocycles. The lowest BCUT2D eigenvalue weighted by atomic mass is 9.89. The SMILES string of the molecule is CCCCCC(O)c1ccc(C2=C(Br)CC[C@@H]2CCCc2nccs2)cc1. The molecule has 0 saturated carbocycles. The Labute approximate surface area is 175 Å². The second kappa shape index (κ2) is 10.5. The highest BCUT2D eigenvalue weighted by Crippen LogP contribution is 2.44. The fourth-order valence-electron chi connectivity index (χ4n) is 4.00. The molecule has 27 heavy (non-hydrogen) atoms. The highest BCUT2D eigenvalue weighted by molar-refractivity contribution is 9.11. The van der Waals surface area contributed by atoms with E-state index in [1.54, 1.807) is 11.3 Å². The van der Waals surface area contributed by atoms with Gasteiger partial charge in [-0.1, -0.05) is 66.4 Å². The third kappa shape index (κ3) is 5.75. The molecule has 0 bridgehead atoms. The van der Waals surface area contributed by atoms with E-state index in [1.807, 2.05) is 6.20 Å². The number of hydrogen-bond acceptors (Lipinski definition) is 3. The van der Waals surface area contributed by atoms with Crippen LogP contribution in [-0.2, 0) is 6.42 Å². The highest BCUT2D eigenvalue weighted by Gasteiger charge is 2.25. The number of nitrogens with zero attached hydrogens (tertiary/aromatic N) is 1. The maximum absolute atomic E-state index is 10.4. The Bertz CT molecular complexity index is 723. The van der Waals surface area contributed by atoms with Gasteiger partial charge in [0.1, 0.15) is 0 Å². The monoisotopic (exact) mass is 447 g/mol. The van der Waals surface area contributed by atoms with E-state index < -0.39 is 0 Å². The minimum atomic E-state index is -0.333. The molecule has 0 aliphatic heterocycles. The van der Waals surface area contributed by atoms with Gasteiger partial charge in [0.2, 0.25) is 0 Å². The first-order valence-corrected chi connectivity index (χ1v) is 11.9. The first kappa shape index (κ1) is 20.8. The van der Waals surface area contributed by atoms with Crippen molar-refractivity contribution >= 4 is 32.8 Å². The number of halogens is 1. The van der Waals surface area contributed by atoms with Gasteiger partial charge in [0.25, 0.3) is 0 Å². The summed E-state index contributed by atoms with van der Waals surface area (Å²) < 4.78 is 1.36. The van der Waals surface area contributed by atoms with E-state index in [2.05, 4.69) is 57.5 Å². The van der Waals surface area contributed by atoms with Crippen molar-refractivity contribution in [3.63, 3.8) is 0 Å². The quantitative estimate of drug-likeness (QED) is 0.387. The van der Waals surface area contributed by atoms with Crippen molar-refractivity contribution in [2.75, 3.05) is 0 Å². The molecule has 1 aliphatic rings. The number of aliphatic hydroxyl groups excluding tert-OH is 1. The van der Waals surface area contributed by atoms with Gasteiger partial charge in [-0.15, -0.1) is 11.3 Å². The summed E-state index contributed by atoms with van der Waals surface area (Å²) in [6.07, 6.45) is 11.8. The molecule has 4 heteroatoms. The number of allylic oxidation sites excluding steroid dienone is 2. The smallest absolute Gasteiger partial charge is 0.0924 e. The van der Waals surface area contributed by atoms with Crippen LogP contribution in [0.2, 0.25) is 0 Å². The average Bonchev–Trinajstić information content (AvgIpc) is 3.32. The average molecular weight is 448 g/mol. The molecule has 3 rings (SSSR count). The molecule has 0 radical (unpaired) electrons. The minimum absolute atomic E-state index is 0.333. The van der Waals surface area contributed by atoms with Crippen LogP contribution in [0.1, 0.15) is 80.5 Å². The van der Waals surface area contributed by atoms with Crippen molar-refractivity contribution in [3.05, 3.63) is 56.5 Å². The first-order valence-electron chi connectivity index (χ1n) is 10.2. The van der Waals surface area contributed by atoms with E-state index in [0.717, 1.165) is 31.2 Å². The van der Waals surface area contributed by atoms with E-state index >= 15 is 0 Å². The first-order chi connectivity index (χ1) is 13.2. The highest BCUT2D eigenvalue weighted by atomic mass is 79.9. The lowest BCUT2D eigenvalue weighted by Crippen LogP contribution is -2.02. The van der Waals surface area contributed by atoms with Crippen molar-refractivity contribution in [1.82, 2.24) is 4.98 Å². The number of thiazole rings is 1. The molecular weight excluding hydrogens is 418 g/mol. The van der Waals surface area contributed by atoms with Gasteiger partial charge in [0.05, 0.1) is 11.1 Å². The van der Waals surface area contributed by atoms with Crippen LogP contribution in [0.25, 0.3) is 5.57 Å². The fraction of sp³-hybridized carbons (Fsp3) is 0.522. The van der Waals surface area contributed by atoms with E-state index in [1.165, 1.54) is 52.7 Å². The maximum atomic E-state index is 10.4. The van der Waals surface area contributed by atoms with E-state index in [-0.39, 0.29) is 6.10 Å². The molecule has 0 saturated heterocycles. The number of aromatic nitrogens is 1. The summed E-state index contributed by atoms with van der Waals surface area (Å²) in [5.41, 5.74) is 3.83. The van der Waals surface area contributed by atoms with Gasteiger partial charge < -0.3 is 5.11 Å². The van der Waals surface area contributed by atoms with Crippen LogP contribution in [0.3, 0.4) is 0 Å². The Hall–Kier alpha value is -0.970. The predicted octanol–water partition coefficient (Wildman–Crippen LogP) is 7.30. The molecule has 146 valence electrons.